The molecule has 2 saturated heterocycles. The summed E-state index contributed by atoms with van der Waals surface area (Å²) in [5.41, 5.74) is 0. The average Bonchev–Trinajstić information content (AvgIpc) is 3.08. The maximum Gasteiger partial charge on any atom is 0.239 e. The van der Waals surface area contributed by atoms with Crippen molar-refractivity contribution in [3.8, 4) is 0 Å². The fraction of sp³-hybridized carbons (Fsp3) is 0.857. The zero-order valence-electron chi connectivity index (χ0n) is 14.3. The van der Waals surface area contributed by atoms with Crippen LogP contribution in [0, 0.1) is 0 Å². The Labute approximate surface area is 150 Å². The number of piperazine rings is 1. The molecule has 25 heavy (non-hydrogen) atoms. The van der Waals surface area contributed by atoms with E-state index in [1.807, 2.05) is 0 Å². The quantitative estimate of drug-likeness (QED) is 0.466. The standard InChI is InChI=1S/C14H25N5O5S/c1-18-3-5-19(6-4-18)13-16-14(25-17-13)15-9-11(22)10(21)8(7-20)24-12(9)23-2/h8-12,20-22H,3-7H2,1-2H3,(H,15,16,17)/t8-,9+,10+,11-,12-/m1/s1. The molecule has 5 atom stereocenters. The van der Waals surface area contributed by atoms with Gasteiger partial charge in [0.2, 0.25) is 11.1 Å². The average molecular weight is 375 g/mol. The van der Waals surface area contributed by atoms with E-state index >= 15 is 0 Å². The largest absolute Gasteiger partial charge is 0.394 e. The van der Waals surface area contributed by atoms with Crippen molar-refractivity contribution in [2.24, 2.45) is 0 Å². The second-order valence-corrected chi connectivity index (χ2v) is 7.05. The number of likely N-dealkylation sites (N-methyl/N-ethyl adjacent to an activating group) is 1. The summed E-state index contributed by atoms with van der Waals surface area (Å²) in [4.78, 5) is 8.83. The van der Waals surface area contributed by atoms with Crippen molar-refractivity contribution in [2.45, 2.75) is 30.6 Å². The van der Waals surface area contributed by atoms with Gasteiger partial charge in [-0.25, -0.2) is 0 Å². The Morgan fingerprint density at radius 1 is 1.28 bits per heavy atom. The Balaban J connectivity index is 1.67. The Bertz CT molecular complexity index is 553. The molecule has 1 aromatic heterocycles. The van der Waals surface area contributed by atoms with E-state index in [4.69, 9.17) is 9.47 Å². The van der Waals surface area contributed by atoms with E-state index in [1.54, 1.807) is 0 Å². The highest BCUT2D eigenvalue weighted by Crippen LogP contribution is 2.26. The normalized spacial score (nSPS) is 34.3. The molecule has 0 unspecified atom stereocenters. The van der Waals surface area contributed by atoms with Crippen LogP contribution in [-0.4, -0.2) is 107 Å². The molecule has 3 heterocycles. The zero-order chi connectivity index (χ0) is 18.0. The van der Waals surface area contributed by atoms with Crippen LogP contribution in [0.2, 0.25) is 0 Å². The lowest BCUT2D eigenvalue weighted by molar-refractivity contribution is -0.254. The molecule has 10 nitrogen and oxygen atoms in total. The number of nitrogens with one attached hydrogen (secondary N) is 1. The third kappa shape index (κ3) is 4.03. The topological polar surface area (TPSA) is 123 Å². The number of hydrogen-bond acceptors (Lipinski definition) is 11. The van der Waals surface area contributed by atoms with Gasteiger partial charge in [-0.15, -0.1) is 0 Å². The lowest BCUT2D eigenvalue weighted by atomic mass is 9.97. The van der Waals surface area contributed by atoms with Gasteiger partial charge in [0.1, 0.15) is 24.4 Å². The van der Waals surface area contributed by atoms with Crippen molar-refractivity contribution in [1.29, 1.82) is 0 Å². The maximum absolute atomic E-state index is 10.3. The molecule has 11 heteroatoms. The summed E-state index contributed by atoms with van der Waals surface area (Å²) < 4.78 is 15.1. The lowest BCUT2D eigenvalue weighted by Gasteiger charge is -2.41. The Morgan fingerprint density at radius 3 is 2.64 bits per heavy atom. The van der Waals surface area contributed by atoms with Gasteiger partial charge in [-0.05, 0) is 7.05 Å². The predicted octanol–water partition coefficient (Wildman–Crippen LogP) is -1.84. The number of hydrogen-bond donors (Lipinski definition) is 4. The van der Waals surface area contributed by atoms with Gasteiger partial charge in [0, 0.05) is 44.8 Å². The molecule has 142 valence electrons. The molecule has 0 amide bonds. The summed E-state index contributed by atoms with van der Waals surface area (Å²) in [5.74, 6) is 0.648. The van der Waals surface area contributed by atoms with E-state index in [-0.39, 0.29) is 0 Å². The molecule has 2 aliphatic rings. The van der Waals surface area contributed by atoms with Gasteiger partial charge >= 0.3 is 0 Å². The van der Waals surface area contributed by atoms with Crippen LogP contribution in [0.15, 0.2) is 0 Å². The lowest BCUT2D eigenvalue weighted by Crippen LogP contribution is -2.61. The summed E-state index contributed by atoms with van der Waals surface area (Å²) in [7, 11) is 3.52. The molecule has 0 radical (unpaired) electrons. The van der Waals surface area contributed by atoms with Crippen LogP contribution >= 0.6 is 11.5 Å². The van der Waals surface area contributed by atoms with Gasteiger partial charge < -0.3 is 39.9 Å². The summed E-state index contributed by atoms with van der Waals surface area (Å²) in [6, 6.07) is -0.726. The van der Waals surface area contributed by atoms with Crippen molar-refractivity contribution >= 4 is 22.6 Å². The van der Waals surface area contributed by atoms with Crippen LogP contribution in [0.5, 0.6) is 0 Å². The van der Waals surface area contributed by atoms with E-state index < -0.39 is 37.3 Å². The Hall–Kier alpha value is -1.08. The third-order valence-corrected chi connectivity index (χ3v) is 5.24. The number of aliphatic hydroxyl groups excluding tert-OH is 3. The molecule has 2 fully saturated rings. The number of rotatable bonds is 5. The molecule has 1 aromatic rings. The number of nitrogens with zero attached hydrogens (tertiary/aromatic N) is 4. The summed E-state index contributed by atoms with van der Waals surface area (Å²) >= 11 is 1.18. The summed E-state index contributed by atoms with van der Waals surface area (Å²) in [5, 5.41) is 33.2. The molecule has 0 saturated carbocycles. The summed E-state index contributed by atoms with van der Waals surface area (Å²) in [6.07, 6.45) is -4.12. The number of aromatic nitrogens is 2. The van der Waals surface area contributed by atoms with E-state index in [0.717, 1.165) is 26.2 Å². The third-order valence-electron chi connectivity index (χ3n) is 4.60. The number of methoxy groups -OCH3 is 1. The smallest absolute Gasteiger partial charge is 0.239 e. The zero-order valence-corrected chi connectivity index (χ0v) is 15.1. The first-order valence-electron chi connectivity index (χ1n) is 8.22. The number of ether oxygens (including phenoxy) is 2. The first kappa shape index (κ1) is 18.7. The molecule has 0 aliphatic carbocycles. The van der Waals surface area contributed by atoms with Gasteiger partial charge in [-0.1, -0.05) is 0 Å². The van der Waals surface area contributed by atoms with Gasteiger partial charge in [0.15, 0.2) is 6.29 Å². The van der Waals surface area contributed by atoms with Crippen LogP contribution in [0.1, 0.15) is 0 Å². The van der Waals surface area contributed by atoms with E-state index in [2.05, 4.69) is 31.5 Å². The predicted molar refractivity (Wildman–Crippen MR) is 91.8 cm³/mol. The van der Waals surface area contributed by atoms with Gasteiger partial charge in [-0.2, -0.15) is 9.36 Å². The Morgan fingerprint density at radius 2 is 2.00 bits per heavy atom. The molecule has 0 spiro atoms. The molecular weight excluding hydrogens is 350 g/mol. The number of anilines is 2. The molecule has 0 aromatic carbocycles. The van der Waals surface area contributed by atoms with E-state index in [0.29, 0.717) is 11.1 Å². The highest BCUT2D eigenvalue weighted by molar-refractivity contribution is 7.09. The highest BCUT2D eigenvalue weighted by Gasteiger charge is 2.45. The van der Waals surface area contributed by atoms with Crippen molar-refractivity contribution < 1.29 is 24.8 Å². The fourth-order valence-corrected chi connectivity index (χ4v) is 3.62. The van der Waals surface area contributed by atoms with Crippen LogP contribution < -0.4 is 10.2 Å². The first-order chi connectivity index (χ1) is 12.0. The monoisotopic (exact) mass is 375 g/mol. The summed E-state index contributed by atoms with van der Waals surface area (Å²) in [6.45, 7) is 3.23. The van der Waals surface area contributed by atoms with Crippen molar-refractivity contribution in [1.82, 2.24) is 14.3 Å². The number of aliphatic hydroxyl groups is 3. The van der Waals surface area contributed by atoms with Crippen LogP contribution in [0.25, 0.3) is 0 Å². The van der Waals surface area contributed by atoms with Gasteiger partial charge in [-0.3, -0.25) is 0 Å². The van der Waals surface area contributed by atoms with Crippen molar-refractivity contribution in [3.05, 3.63) is 0 Å². The van der Waals surface area contributed by atoms with Crippen molar-refractivity contribution in [3.63, 3.8) is 0 Å². The minimum absolute atomic E-state index is 0.406. The van der Waals surface area contributed by atoms with Crippen molar-refractivity contribution in [2.75, 3.05) is 57.2 Å². The minimum atomic E-state index is -1.22. The van der Waals surface area contributed by atoms with Crippen LogP contribution in [0.4, 0.5) is 11.1 Å². The highest BCUT2D eigenvalue weighted by atomic mass is 32.1. The molecule has 3 rings (SSSR count). The SMILES string of the molecule is CO[C@@H]1O[C@H](CO)[C@H](O)[C@H](O)[C@@H]1Nc1nc(N2CCN(C)CC2)ns1. The second-order valence-electron chi connectivity index (χ2n) is 6.30. The first-order valence-corrected chi connectivity index (χ1v) is 8.99. The van der Waals surface area contributed by atoms with Crippen LogP contribution in [-0.2, 0) is 9.47 Å². The molecular formula is C14H25N5O5S. The minimum Gasteiger partial charge on any atom is -0.394 e. The second kappa shape index (κ2) is 8.08. The van der Waals surface area contributed by atoms with Crippen LogP contribution in [0.3, 0.4) is 0 Å². The molecule has 4 N–H and O–H groups in total. The Kier molecular flexibility index (Phi) is 6.04. The molecule has 0 bridgehead atoms. The van der Waals surface area contributed by atoms with E-state index in [1.165, 1.54) is 18.6 Å². The van der Waals surface area contributed by atoms with E-state index in [9.17, 15) is 15.3 Å². The van der Waals surface area contributed by atoms with Gasteiger partial charge in [0.25, 0.3) is 0 Å². The van der Waals surface area contributed by atoms with Gasteiger partial charge in [0.05, 0.1) is 6.61 Å². The fourth-order valence-electron chi connectivity index (χ4n) is 2.99. The molecule has 2 aliphatic heterocycles. The maximum atomic E-state index is 10.3.